The van der Waals surface area contributed by atoms with Gasteiger partial charge in [-0.05, 0) is 29.8 Å². The monoisotopic (exact) mass is 434 g/mol. The second-order valence-corrected chi connectivity index (χ2v) is 10.2. The predicted octanol–water partition coefficient (Wildman–Crippen LogP) is 2.31. The van der Waals surface area contributed by atoms with E-state index in [4.69, 9.17) is 0 Å². The molecular formula is C20H22N2O5S2. The van der Waals surface area contributed by atoms with Crippen molar-refractivity contribution < 1.29 is 22.8 Å². The van der Waals surface area contributed by atoms with Gasteiger partial charge in [0.2, 0.25) is 5.91 Å². The molecule has 0 spiro atoms. The standard InChI is InChI=1S/C20H22N2O5S2/c1-21(16-11-13-29(26,27)14-16)18(23)10-12-22-19(24)17(28-20(22)25)9-5-8-15-6-3-2-4-7-15/h2-9,16H,10-14H2,1H3/b8-5+,17-9+/t16-/m1/s1. The minimum absolute atomic E-state index is 0.0208. The van der Waals surface area contributed by atoms with Crippen molar-refractivity contribution in [2.45, 2.75) is 18.9 Å². The van der Waals surface area contributed by atoms with Gasteiger partial charge < -0.3 is 4.90 Å². The van der Waals surface area contributed by atoms with E-state index in [0.717, 1.165) is 22.2 Å². The van der Waals surface area contributed by atoms with Crippen LogP contribution in [0.25, 0.3) is 6.08 Å². The van der Waals surface area contributed by atoms with Crippen LogP contribution in [0.3, 0.4) is 0 Å². The molecule has 3 rings (SSSR count). The molecule has 3 amide bonds. The number of imide groups is 1. The van der Waals surface area contributed by atoms with Crippen molar-refractivity contribution in [1.82, 2.24) is 9.80 Å². The van der Waals surface area contributed by atoms with Crippen LogP contribution in [0.4, 0.5) is 4.79 Å². The number of carbonyl (C=O) groups excluding carboxylic acids is 3. The molecule has 1 atom stereocenters. The molecule has 1 aromatic carbocycles. The third-order valence-electron chi connectivity index (χ3n) is 4.91. The van der Waals surface area contributed by atoms with Crippen LogP contribution in [0.1, 0.15) is 18.4 Å². The molecule has 0 bridgehead atoms. The first kappa shape index (κ1) is 21.3. The Hall–Kier alpha value is -2.39. The van der Waals surface area contributed by atoms with E-state index in [2.05, 4.69) is 0 Å². The van der Waals surface area contributed by atoms with E-state index in [9.17, 15) is 22.8 Å². The molecule has 0 N–H and O–H groups in total. The fourth-order valence-corrected chi connectivity index (χ4v) is 5.78. The van der Waals surface area contributed by atoms with Crippen LogP contribution in [0.2, 0.25) is 0 Å². The van der Waals surface area contributed by atoms with Gasteiger partial charge in [0.25, 0.3) is 11.1 Å². The Balaban J connectivity index is 1.55. The van der Waals surface area contributed by atoms with Crippen LogP contribution in [0, 0.1) is 0 Å². The quantitative estimate of drug-likeness (QED) is 0.638. The van der Waals surface area contributed by atoms with Gasteiger partial charge in [0.05, 0.1) is 16.4 Å². The van der Waals surface area contributed by atoms with Crippen LogP contribution in [0.15, 0.2) is 47.4 Å². The van der Waals surface area contributed by atoms with Crippen molar-refractivity contribution in [3.63, 3.8) is 0 Å². The summed E-state index contributed by atoms with van der Waals surface area (Å²) in [4.78, 5) is 39.8. The minimum atomic E-state index is -3.09. The molecule has 2 saturated heterocycles. The van der Waals surface area contributed by atoms with E-state index in [-0.39, 0.29) is 36.4 Å². The molecular weight excluding hydrogens is 412 g/mol. The van der Waals surface area contributed by atoms with E-state index >= 15 is 0 Å². The summed E-state index contributed by atoms with van der Waals surface area (Å²) in [6, 6.07) is 9.23. The first-order valence-electron chi connectivity index (χ1n) is 9.20. The van der Waals surface area contributed by atoms with Crippen LogP contribution < -0.4 is 0 Å². The van der Waals surface area contributed by atoms with Crippen molar-refractivity contribution in [2.24, 2.45) is 0 Å². The van der Waals surface area contributed by atoms with Gasteiger partial charge in [-0.25, -0.2) is 8.42 Å². The highest BCUT2D eigenvalue weighted by Gasteiger charge is 2.36. The Bertz CT molecular complexity index is 970. The molecule has 7 nitrogen and oxygen atoms in total. The smallest absolute Gasteiger partial charge is 0.293 e. The number of amides is 3. The lowest BCUT2D eigenvalue weighted by molar-refractivity contribution is -0.132. The van der Waals surface area contributed by atoms with Gasteiger partial charge in [0.1, 0.15) is 0 Å². The fourth-order valence-electron chi connectivity index (χ4n) is 3.19. The average Bonchev–Trinajstić information content (AvgIpc) is 3.19. The summed E-state index contributed by atoms with van der Waals surface area (Å²) in [5, 5.41) is -0.409. The van der Waals surface area contributed by atoms with Gasteiger partial charge in [0, 0.05) is 26.1 Å². The van der Waals surface area contributed by atoms with Gasteiger partial charge in [0.15, 0.2) is 9.84 Å². The van der Waals surface area contributed by atoms with Crippen LogP contribution in [0.5, 0.6) is 0 Å². The average molecular weight is 435 g/mol. The molecule has 9 heteroatoms. The summed E-state index contributed by atoms with van der Waals surface area (Å²) in [5.74, 6) is -0.650. The number of nitrogens with zero attached hydrogens (tertiary/aromatic N) is 2. The van der Waals surface area contributed by atoms with E-state index in [1.54, 1.807) is 19.2 Å². The number of carbonyl (C=O) groups is 3. The lowest BCUT2D eigenvalue weighted by Gasteiger charge is -2.24. The van der Waals surface area contributed by atoms with Gasteiger partial charge in [-0.15, -0.1) is 0 Å². The normalized spacial score (nSPS) is 22.7. The lowest BCUT2D eigenvalue weighted by Crippen LogP contribution is -2.40. The molecule has 29 heavy (non-hydrogen) atoms. The summed E-state index contributed by atoms with van der Waals surface area (Å²) in [6.45, 7) is -0.0208. The zero-order valence-corrected chi connectivity index (χ0v) is 17.6. The Morgan fingerprint density at radius 2 is 2.00 bits per heavy atom. The van der Waals surface area contributed by atoms with Crippen molar-refractivity contribution in [1.29, 1.82) is 0 Å². The summed E-state index contributed by atoms with van der Waals surface area (Å²) in [5.41, 5.74) is 0.977. The van der Waals surface area contributed by atoms with Gasteiger partial charge in [-0.1, -0.05) is 42.5 Å². The molecule has 2 aliphatic heterocycles. The summed E-state index contributed by atoms with van der Waals surface area (Å²) < 4.78 is 23.2. The Morgan fingerprint density at radius 1 is 1.28 bits per heavy atom. The third-order valence-corrected chi connectivity index (χ3v) is 7.58. The largest absolute Gasteiger partial charge is 0.342 e. The first-order chi connectivity index (χ1) is 13.8. The maximum absolute atomic E-state index is 12.5. The van der Waals surface area contributed by atoms with Crippen LogP contribution in [-0.4, -0.2) is 66.4 Å². The highest BCUT2D eigenvalue weighted by atomic mass is 32.2. The van der Waals surface area contributed by atoms with Gasteiger partial charge in [-0.2, -0.15) is 0 Å². The highest BCUT2D eigenvalue weighted by molar-refractivity contribution is 8.18. The number of hydrogen-bond donors (Lipinski definition) is 0. The molecule has 2 heterocycles. The number of allylic oxidation sites excluding steroid dienone is 2. The predicted molar refractivity (Wildman–Crippen MR) is 113 cm³/mol. The summed E-state index contributed by atoms with van der Waals surface area (Å²) >= 11 is 0.845. The summed E-state index contributed by atoms with van der Waals surface area (Å²) in [7, 11) is -1.52. The zero-order valence-electron chi connectivity index (χ0n) is 16.0. The SMILES string of the molecule is CN(C(=O)CCN1C(=O)S/C(=C/C=C/c2ccccc2)C1=O)[C@@H]1CCS(=O)(=O)C1. The number of sulfone groups is 1. The second kappa shape index (κ2) is 8.96. The topological polar surface area (TPSA) is 91.8 Å². The lowest BCUT2D eigenvalue weighted by atomic mass is 10.2. The Labute approximate surface area is 174 Å². The Morgan fingerprint density at radius 3 is 2.66 bits per heavy atom. The molecule has 0 radical (unpaired) electrons. The maximum atomic E-state index is 12.5. The highest BCUT2D eigenvalue weighted by Crippen LogP contribution is 2.31. The molecule has 0 aliphatic carbocycles. The molecule has 0 aromatic heterocycles. The minimum Gasteiger partial charge on any atom is -0.342 e. The number of thioether (sulfide) groups is 1. The van der Waals surface area contributed by atoms with Crippen molar-refractivity contribution in [3.05, 3.63) is 53.0 Å². The van der Waals surface area contributed by atoms with Gasteiger partial charge in [-0.3, -0.25) is 19.3 Å². The maximum Gasteiger partial charge on any atom is 0.293 e. The van der Waals surface area contributed by atoms with E-state index in [0.29, 0.717) is 11.3 Å². The number of hydrogen-bond acceptors (Lipinski definition) is 6. The van der Waals surface area contributed by atoms with Crippen LogP contribution >= 0.6 is 11.8 Å². The molecule has 154 valence electrons. The molecule has 0 unspecified atom stereocenters. The zero-order chi connectivity index (χ0) is 21.0. The fraction of sp³-hybridized carbons (Fsp3) is 0.350. The Kier molecular flexibility index (Phi) is 6.59. The number of rotatable bonds is 6. The third kappa shape index (κ3) is 5.36. The van der Waals surface area contributed by atoms with E-state index in [1.807, 2.05) is 36.4 Å². The molecule has 1 aromatic rings. The van der Waals surface area contributed by atoms with Crippen LogP contribution in [-0.2, 0) is 19.4 Å². The summed E-state index contributed by atoms with van der Waals surface area (Å²) in [6.07, 6.45) is 5.53. The second-order valence-electron chi connectivity index (χ2n) is 6.94. The van der Waals surface area contributed by atoms with Gasteiger partial charge >= 0.3 is 0 Å². The number of benzene rings is 1. The van der Waals surface area contributed by atoms with Crippen molar-refractivity contribution in [2.75, 3.05) is 25.1 Å². The molecule has 2 aliphatic rings. The molecule has 0 saturated carbocycles. The van der Waals surface area contributed by atoms with Crippen molar-refractivity contribution >= 4 is 44.7 Å². The van der Waals surface area contributed by atoms with E-state index < -0.39 is 21.0 Å². The van der Waals surface area contributed by atoms with E-state index in [1.165, 1.54) is 4.90 Å². The van der Waals surface area contributed by atoms with Crippen molar-refractivity contribution in [3.8, 4) is 0 Å². The molecule has 2 fully saturated rings. The first-order valence-corrected chi connectivity index (χ1v) is 11.8.